The third-order valence-corrected chi connectivity index (χ3v) is 6.65. The SMILES string of the molecule is CCOC(=O)CSc1nnc(NC(=O)CSc2ccc3c(c2)CCC3)s1. The minimum atomic E-state index is -0.288. The zero-order chi connectivity index (χ0) is 18.4. The molecule has 0 saturated carbocycles. The molecule has 0 bridgehead atoms. The van der Waals surface area contributed by atoms with Gasteiger partial charge in [-0.3, -0.25) is 14.9 Å². The number of carbonyl (C=O) groups excluding carboxylic acids is 2. The lowest BCUT2D eigenvalue weighted by atomic mass is 10.1. The average Bonchev–Trinajstić information content (AvgIpc) is 3.27. The van der Waals surface area contributed by atoms with Gasteiger partial charge in [-0.1, -0.05) is 29.2 Å². The van der Waals surface area contributed by atoms with E-state index in [1.165, 1.54) is 52.4 Å². The van der Waals surface area contributed by atoms with E-state index in [1.54, 1.807) is 6.92 Å². The van der Waals surface area contributed by atoms with Crippen molar-refractivity contribution >= 4 is 51.9 Å². The van der Waals surface area contributed by atoms with E-state index in [2.05, 4.69) is 33.7 Å². The van der Waals surface area contributed by atoms with Crippen LogP contribution in [0.15, 0.2) is 27.4 Å². The molecule has 0 spiro atoms. The van der Waals surface area contributed by atoms with Crippen molar-refractivity contribution in [3.8, 4) is 0 Å². The van der Waals surface area contributed by atoms with Gasteiger partial charge < -0.3 is 4.74 Å². The number of amides is 1. The molecule has 9 heteroatoms. The van der Waals surface area contributed by atoms with E-state index in [0.29, 0.717) is 21.8 Å². The van der Waals surface area contributed by atoms with Gasteiger partial charge in [0, 0.05) is 4.90 Å². The van der Waals surface area contributed by atoms with Crippen molar-refractivity contribution in [1.82, 2.24) is 10.2 Å². The molecule has 1 aromatic heterocycles. The van der Waals surface area contributed by atoms with Crippen LogP contribution in [0.5, 0.6) is 0 Å². The predicted octanol–water partition coefficient (Wildman–Crippen LogP) is 3.41. The van der Waals surface area contributed by atoms with Crippen LogP contribution < -0.4 is 5.32 Å². The monoisotopic (exact) mass is 409 g/mol. The summed E-state index contributed by atoms with van der Waals surface area (Å²) < 4.78 is 5.49. The van der Waals surface area contributed by atoms with Crippen LogP contribution in [0.1, 0.15) is 24.5 Å². The van der Waals surface area contributed by atoms with Crippen molar-refractivity contribution in [1.29, 1.82) is 0 Å². The predicted molar refractivity (Wildman–Crippen MR) is 105 cm³/mol. The number of aryl methyl sites for hydroxylation is 2. The quantitative estimate of drug-likeness (QED) is 0.406. The first-order valence-electron chi connectivity index (χ1n) is 8.30. The largest absolute Gasteiger partial charge is 0.465 e. The number of benzene rings is 1. The Morgan fingerprint density at radius 3 is 2.88 bits per heavy atom. The van der Waals surface area contributed by atoms with Crippen molar-refractivity contribution < 1.29 is 14.3 Å². The Hall–Kier alpha value is -1.58. The molecule has 3 rings (SSSR count). The lowest BCUT2D eigenvalue weighted by molar-refractivity contribution is -0.139. The second-order valence-corrected chi connectivity index (χ2v) is 8.84. The van der Waals surface area contributed by atoms with Gasteiger partial charge in [-0.25, -0.2) is 0 Å². The van der Waals surface area contributed by atoms with Crippen LogP contribution in [0.2, 0.25) is 0 Å². The number of anilines is 1. The molecule has 0 saturated heterocycles. The van der Waals surface area contributed by atoms with Crippen LogP contribution in [0.4, 0.5) is 5.13 Å². The van der Waals surface area contributed by atoms with Crippen molar-refractivity contribution in [2.45, 2.75) is 35.4 Å². The third kappa shape index (κ3) is 5.46. The van der Waals surface area contributed by atoms with Crippen LogP contribution in [0, 0.1) is 0 Å². The summed E-state index contributed by atoms with van der Waals surface area (Å²) in [6.07, 6.45) is 3.51. The van der Waals surface area contributed by atoms with Gasteiger partial charge in [0.05, 0.1) is 18.1 Å². The average molecular weight is 410 g/mol. The number of hydrogen-bond donors (Lipinski definition) is 1. The van der Waals surface area contributed by atoms with Crippen molar-refractivity contribution in [2.75, 3.05) is 23.4 Å². The molecule has 1 amide bonds. The number of aromatic nitrogens is 2. The molecule has 1 aliphatic carbocycles. The van der Waals surface area contributed by atoms with Gasteiger partial charge in [0.2, 0.25) is 11.0 Å². The van der Waals surface area contributed by atoms with Gasteiger partial charge in [0.15, 0.2) is 4.34 Å². The normalized spacial score (nSPS) is 12.7. The molecule has 0 atom stereocenters. The molecule has 26 heavy (non-hydrogen) atoms. The number of fused-ring (bicyclic) bond motifs is 1. The summed E-state index contributed by atoms with van der Waals surface area (Å²) in [5.41, 5.74) is 2.84. The van der Waals surface area contributed by atoms with E-state index in [4.69, 9.17) is 4.74 Å². The summed E-state index contributed by atoms with van der Waals surface area (Å²) in [6.45, 7) is 2.13. The molecule has 0 aliphatic heterocycles. The molecule has 0 unspecified atom stereocenters. The summed E-state index contributed by atoms with van der Waals surface area (Å²) in [5.74, 6) is 0.103. The molecule has 1 N–H and O–H groups in total. The number of carbonyl (C=O) groups is 2. The molecule has 1 heterocycles. The number of nitrogens with zero attached hydrogens (tertiary/aromatic N) is 2. The Morgan fingerprint density at radius 2 is 2.04 bits per heavy atom. The minimum Gasteiger partial charge on any atom is -0.465 e. The smallest absolute Gasteiger partial charge is 0.316 e. The number of ether oxygens (including phenoxy) is 1. The highest BCUT2D eigenvalue weighted by atomic mass is 32.2. The third-order valence-electron chi connectivity index (χ3n) is 3.71. The second-order valence-electron chi connectivity index (χ2n) is 5.59. The van der Waals surface area contributed by atoms with E-state index in [0.717, 1.165) is 17.7 Å². The maximum atomic E-state index is 12.1. The molecule has 0 fully saturated rings. The summed E-state index contributed by atoms with van der Waals surface area (Å²) in [7, 11) is 0. The van der Waals surface area contributed by atoms with Gasteiger partial charge in [-0.05, 0) is 49.4 Å². The van der Waals surface area contributed by atoms with E-state index in [-0.39, 0.29) is 17.6 Å². The van der Waals surface area contributed by atoms with Gasteiger partial charge in [-0.15, -0.1) is 22.0 Å². The van der Waals surface area contributed by atoms with Crippen LogP contribution in [0.25, 0.3) is 0 Å². The number of esters is 1. The number of thioether (sulfide) groups is 2. The van der Waals surface area contributed by atoms with Gasteiger partial charge in [0.25, 0.3) is 0 Å². The minimum absolute atomic E-state index is 0.117. The fraction of sp³-hybridized carbons (Fsp3) is 0.412. The molecular formula is C17H19N3O3S3. The number of rotatable bonds is 8. The van der Waals surface area contributed by atoms with Gasteiger partial charge >= 0.3 is 5.97 Å². The Labute approximate surface area is 164 Å². The summed E-state index contributed by atoms with van der Waals surface area (Å²) >= 11 is 4.02. The van der Waals surface area contributed by atoms with Gasteiger partial charge in [-0.2, -0.15) is 0 Å². The Bertz CT molecular complexity index is 795. The maximum Gasteiger partial charge on any atom is 0.316 e. The molecular weight excluding hydrogens is 390 g/mol. The molecule has 1 aromatic carbocycles. The first-order chi connectivity index (χ1) is 12.6. The van der Waals surface area contributed by atoms with E-state index < -0.39 is 0 Å². The van der Waals surface area contributed by atoms with E-state index in [9.17, 15) is 9.59 Å². The Kier molecular flexibility index (Phi) is 6.93. The molecule has 2 aromatic rings. The Morgan fingerprint density at radius 1 is 1.19 bits per heavy atom. The van der Waals surface area contributed by atoms with Crippen LogP contribution >= 0.6 is 34.9 Å². The highest BCUT2D eigenvalue weighted by Crippen LogP contribution is 2.28. The summed E-state index contributed by atoms with van der Waals surface area (Å²) in [4.78, 5) is 24.6. The zero-order valence-electron chi connectivity index (χ0n) is 14.3. The summed E-state index contributed by atoms with van der Waals surface area (Å²) in [6, 6.07) is 6.44. The Balaban J connectivity index is 1.44. The molecule has 0 radical (unpaired) electrons. The van der Waals surface area contributed by atoms with Crippen LogP contribution in [-0.2, 0) is 27.2 Å². The van der Waals surface area contributed by atoms with Crippen molar-refractivity contribution in [3.05, 3.63) is 29.3 Å². The first-order valence-corrected chi connectivity index (χ1v) is 11.1. The van der Waals surface area contributed by atoms with Crippen LogP contribution in [0.3, 0.4) is 0 Å². The molecule has 1 aliphatic rings. The highest BCUT2D eigenvalue weighted by Gasteiger charge is 2.13. The standard InChI is InChI=1S/C17H19N3O3S3/c1-2-23-15(22)10-25-17-20-19-16(26-17)18-14(21)9-24-13-7-6-11-4-3-5-12(11)8-13/h6-8H,2-5,9-10H2,1H3,(H,18,19,21). The maximum absolute atomic E-state index is 12.1. The lowest BCUT2D eigenvalue weighted by Gasteiger charge is -2.04. The molecule has 6 nitrogen and oxygen atoms in total. The number of hydrogen-bond acceptors (Lipinski definition) is 8. The lowest BCUT2D eigenvalue weighted by Crippen LogP contribution is -2.13. The second kappa shape index (κ2) is 9.38. The first kappa shape index (κ1) is 19.2. The van der Waals surface area contributed by atoms with E-state index >= 15 is 0 Å². The zero-order valence-corrected chi connectivity index (χ0v) is 16.8. The highest BCUT2D eigenvalue weighted by molar-refractivity contribution is 8.01. The fourth-order valence-corrected chi connectivity index (χ4v) is 4.91. The van der Waals surface area contributed by atoms with Crippen molar-refractivity contribution in [2.24, 2.45) is 0 Å². The van der Waals surface area contributed by atoms with Gasteiger partial charge in [0.1, 0.15) is 0 Å². The van der Waals surface area contributed by atoms with E-state index in [1.807, 2.05) is 0 Å². The topological polar surface area (TPSA) is 81.2 Å². The number of nitrogens with one attached hydrogen (secondary N) is 1. The van der Waals surface area contributed by atoms with Crippen molar-refractivity contribution in [3.63, 3.8) is 0 Å². The summed E-state index contributed by atoms with van der Waals surface area (Å²) in [5, 5.41) is 11.1. The molecule has 138 valence electrons. The fourth-order valence-electron chi connectivity index (χ4n) is 2.58. The van der Waals surface area contributed by atoms with Crippen LogP contribution in [-0.4, -0.2) is 40.2 Å².